The number of aromatic nitrogens is 1. The van der Waals surface area contributed by atoms with Gasteiger partial charge in [-0.15, -0.1) is 0 Å². The molecule has 0 radical (unpaired) electrons. The van der Waals surface area contributed by atoms with Crippen molar-refractivity contribution >= 4 is 5.91 Å². The average Bonchev–Trinajstić information content (AvgIpc) is 3.10. The van der Waals surface area contributed by atoms with Crippen LogP contribution in [0.1, 0.15) is 29.2 Å². The predicted molar refractivity (Wildman–Crippen MR) is 97.5 cm³/mol. The van der Waals surface area contributed by atoms with E-state index in [0.29, 0.717) is 18.9 Å². The summed E-state index contributed by atoms with van der Waals surface area (Å²) < 4.78 is 7.45. The second-order valence-electron chi connectivity index (χ2n) is 7.71. The maximum absolute atomic E-state index is 12.9. The molecule has 134 valence electrons. The van der Waals surface area contributed by atoms with Gasteiger partial charge in [0.15, 0.2) is 0 Å². The Kier molecular flexibility index (Phi) is 3.62. The lowest BCUT2D eigenvalue weighted by molar-refractivity contribution is -0.133. The van der Waals surface area contributed by atoms with Gasteiger partial charge in [0.2, 0.25) is 5.91 Å². The van der Waals surface area contributed by atoms with Crippen LogP contribution in [-0.2, 0) is 24.2 Å². The number of nitrogens with zero attached hydrogens (tertiary/aromatic N) is 2. The summed E-state index contributed by atoms with van der Waals surface area (Å²) in [5.41, 5.74) is 3.43. The van der Waals surface area contributed by atoms with Crippen molar-refractivity contribution in [1.82, 2.24) is 9.47 Å². The molecule has 0 unspecified atom stereocenters. The summed E-state index contributed by atoms with van der Waals surface area (Å²) >= 11 is 0. The molecule has 0 N–H and O–H groups in total. The molecule has 0 saturated carbocycles. The van der Waals surface area contributed by atoms with E-state index in [1.54, 1.807) is 6.07 Å². The number of rotatable bonds is 2. The first kappa shape index (κ1) is 15.7. The SMILES string of the molecule is O=C(Cc1ccc2c(c1)CCO2)N1C[C@@H]2C[C@H](C1)c1cccc(=O)n1C2. The van der Waals surface area contributed by atoms with E-state index < -0.39 is 0 Å². The lowest BCUT2D eigenvalue weighted by Gasteiger charge is -2.42. The number of hydrogen-bond acceptors (Lipinski definition) is 3. The van der Waals surface area contributed by atoms with E-state index in [2.05, 4.69) is 6.07 Å². The van der Waals surface area contributed by atoms with Gasteiger partial charge in [-0.2, -0.15) is 0 Å². The minimum absolute atomic E-state index is 0.0809. The van der Waals surface area contributed by atoms with E-state index in [4.69, 9.17) is 4.74 Å². The molecule has 5 nitrogen and oxygen atoms in total. The Hall–Kier alpha value is -2.56. The number of pyridine rings is 1. The van der Waals surface area contributed by atoms with E-state index in [9.17, 15) is 9.59 Å². The molecular weight excluding hydrogens is 328 g/mol. The standard InChI is InChI=1S/C21H22N2O3/c24-20-3-1-2-18-17-9-15(12-23(18)20)11-22(13-17)21(25)10-14-4-5-19-16(8-14)6-7-26-19/h1-5,8,15,17H,6-7,9-13H2/t15-,17+/m0/s1. The van der Waals surface area contributed by atoms with Crippen molar-refractivity contribution in [2.24, 2.45) is 5.92 Å². The minimum Gasteiger partial charge on any atom is -0.493 e. The monoisotopic (exact) mass is 350 g/mol. The molecular formula is C21H22N2O3. The molecule has 2 aromatic rings. The average molecular weight is 350 g/mol. The van der Waals surface area contributed by atoms with E-state index in [1.165, 1.54) is 5.56 Å². The Morgan fingerprint density at radius 1 is 1.15 bits per heavy atom. The van der Waals surface area contributed by atoms with Crippen LogP contribution >= 0.6 is 0 Å². The van der Waals surface area contributed by atoms with Gasteiger partial charge in [-0.05, 0) is 35.6 Å². The largest absolute Gasteiger partial charge is 0.493 e. The molecule has 1 amide bonds. The highest BCUT2D eigenvalue weighted by Gasteiger charge is 2.36. The van der Waals surface area contributed by atoms with Gasteiger partial charge in [0.05, 0.1) is 13.0 Å². The number of fused-ring (bicyclic) bond motifs is 5. The lowest BCUT2D eigenvalue weighted by atomic mass is 9.83. The number of ether oxygens (including phenoxy) is 1. The molecule has 1 aromatic heterocycles. The van der Waals surface area contributed by atoms with Crippen LogP contribution in [0.25, 0.3) is 0 Å². The molecule has 1 saturated heterocycles. The molecule has 3 aliphatic heterocycles. The lowest BCUT2D eigenvalue weighted by Crippen LogP contribution is -2.49. The third kappa shape index (κ3) is 2.62. The molecule has 1 aromatic carbocycles. The van der Waals surface area contributed by atoms with Gasteiger partial charge in [-0.3, -0.25) is 9.59 Å². The van der Waals surface area contributed by atoms with Crippen molar-refractivity contribution in [3.05, 3.63) is 63.6 Å². The summed E-state index contributed by atoms with van der Waals surface area (Å²) in [6.45, 7) is 2.93. The third-order valence-corrected chi connectivity index (χ3v) is 5.94. The summed E-state index contributed by atoms with van der Waals surface area (Å²) in [6, 6.07) is 11.6. The summed E-state index contributed by atoms with van der Waals surface area (Å²) in [6.07, 6.45) is 2.44. The van der Waals surface area contributed by atoms with Gasteiger partial charge in [-0.25, -0.2) is 0 Å². The zero-order valence-electron chi connectivity index (χ0n) is 14.7. The van der Waals surface area contributed by atoms with Crippen LogP contribution in [0.5, 0.6) is 5.75 Å². The smallest absolute Gasteiger partial charge is 0.250 e. The van der Waals surface area contributed by atoms with Gasteiger partial charge in [0, 0.05) is 43.7 Å². The van der Waals surface area contributed by atoms with Crippen LogP contribution in [0, 0.1) is 5.92 Å². The van der Waals surface area contributed by atoms with E-state index in [-0.39, 0.29) is 17.4 Å². The molecule has 0 aliphatic carbocycles. The molecule has 5 heteroatoms. The Morgan fingerprint density at radius 2 is 2.08 bits per heavy atom. The van der Waals surface area contributed by atoms with E-state index in [0.717, 1.165) is 49.5 Å². The Morgan fingerprint density at radius 3 is 3.00 bits per heavy atom. The summed E-state index contributed by atoms with van der Waals surface area (Å²) in [5, 5.41) is 0. The van der Waals surface area contributed by atoms with Gasteiger partial charge in [-0.1, -0.05) is 18.2 Å². The van der Waals surface area contributed by atoms with E-state index >= 15 is 0 Å². The highest BCUT2D eigenvalue weighted by molar-refractivity contribution is 5.79. The fraction of sp³-hybridized carbons (Fsp3) is 0.429. The maximum atomic E-state index is 12.9. The van der Waals surface area contributed by atoms with Crippen LogP contribution in [0.15, 0.2) is 41.2 Å². The zero-order valence-corrected chi connectivity index (χ0v) is 14.7. The van der Waals surface area contributed by atoms with Crippen molar-refractivity contribution < 1.29 is 9.53 Å². The Balaban J connectivity index is 1.34. The number of amides is 1. The van der Waals surface area contributed by atoms with Gasteiger partial charge in [0.25, 0.3) is 5.56 Å². The van der Waals surface area contributed by atoms with Gasteiger partial charge in [0.1, 0.15) is 5.75 Å². The van der Waals surface area contributed by atoms with E-state index in [1.807, 2.05) is 33.7 Å². The van der Waals surface area contributed by atoms with Crippen molar-refractivity contribution in [2.45, 2.75) is 31.7 Å². The van der Waals surface area contributed by atoms with Crippen LogP contribution in [-0.4, -0.2) is 35.1 Å². The Bertz CT molecular complexity index is 933. The highest BCUT2D eigenvalue weighted by Crippen LogP contribution is 2.35. The second-order valence-corrected chi connectivity index (χ2v) is 7.71. The zero-order chi connectivity index (χ0) is 17.7. The van der Waals surface area contributed by atoms with Crippen LogP contribution in [0.3, 0.4) is 0 Å². The van der Waals surface area contributed by atoms with Gasteiger partial charge < -0.3 is 14.2 Å². The Labute approximate surface area is 152 Å². The van der Waals surface area contributed by atoms with Crippen LogP contribution in [0.4, 0.5) is 0 Å². The fourth-order valence-electron chi connectivity index (χ4n) is 4.74. The molecule has 1 fully saturated rings. The topological polar surface area (TPSA) is 51.5 Å². The van der Waals surface area contributed by atoms with Crippen molar-refractivity contribution in [3.8, 4) is 5.75 Å². The summed E-state index contributed by atoms with van der Waals surface area (Å²) in [7, 11) is 0. The minimum atomic E-state index is 0.0809. The number of piperidine rings is 1. The maximum Gasteiger partial charge on any atom is 0.250 e. The third-order valence-electron chi connectivity index (χ3n) is 5.94. The number of benzene rings is 1. The van der Waals surface area contributed by atoms with Crippen LogP contribution < -0.4 is 10.3 Å². The number of hydrogen-bond donors (Lipinski definition) is 0. The number of carbonyl (C=O) groups excluding carboxylic acids is 1. The predicted octanol–water partition coefficient (Wildman–Crippen LogP) is 1.97. The molecule has 3 aliphatic rings. The quantitative estimate of drug-likeness (QED) is 0.832. The normalized spacial score (nSPS) is 23.2. The number of likely N-dealkylation sites (tertiary alicyclic amines) is 1. The summed E-state index contributed by atoms with van der Waals surface area (Å²) in [4.78, 5) is 27.0. The molecule has 5 rings (SSSR count). The van der Waals surface area contributed by atoms with Crippen molar-refractivity contribution in [1.29, 1.82) is 0 Å². The van der Waals surface area contributed by atoms with Crippen molar-refractivity contribution in [3.63, 3.8) is 0 Å². The molecule has 2 bridgehead atoms. The molecule has 2 atom stereocenters. The first-order valence-corrected chi connectivity index (χ1v) is 9.39. The first-order valence-electron chi connectivity index (χ1n) is 9.39. The first-order chi connectivity index (χ1) is 12.7. The highest BCUT2D eigenvalue weighted by atomic mass is 16.5. The van der Waals surface area contributed by atoms with Gasteiger partial charge >= 0.3 is 0 Å². The van der Waals surface area contributed by atoms with Crippen molar-refractivity contribution in [2.75, 3.05) is 19.7 Å². The molecule has 26 heavy (non-hydrogen) atoms. The number of carbonyl (C=O) groups is 1. The summed E-state index contributed by atoms with van der Waals surface area (Å²) in [5.74, 6) is 1.79. The molecule has 4 heterocycles. The fourth-order valence-corrected chi connectivity index (χ4v) is 4.74. The second kappa shape index (κ2) is 6.01. The van der Waals surface area contributed by atoms with Crippen LogP contribution in [0.2, 0.25) is 0 Å². The molecule has 0 spiro atoms.